The number of thioether (sulfide) groups is 1. The van der Waals surface area contributed by atoms with E-state index >= 15 is 0 Å². The van der Waals surface area contributed by atoms with Gasteiger partial charge in [-0.25, -0.2) is 0 Å². The molecule has 0 radical (unpaired) electrons. The van der Waals surface area contributed by atoms with Gasteiger partial charge in [-0.3, -0.25) is 10.1 Å². The van der Waals surface area contributed by atoms with Crippen molar-refractivity contribution in [3.05, 3.63) is 34.8 Å². The predicted octanol–water partition coefficient (Wildman–Crippen LogP) is 3.92. The molecule has 0 unspecified atom stereocenters. The number of amides is 1. The summed E-state index contributed by atoms with van der Waals surface area (Å²) in [6.07, 6.45) is 0.806. The molecule has 0 aliphatic heterocycles. The molecule has 2 heterocycles. The number of carbonyl (C=O) groups excluding carboxylic acids is 1. The highest BCUT2D eigenvalue weighted by Crippen LogP contribution is 2.27. The second kappa shape index (κ2) is 8.40. The maximum absolute atomic E-state index is 12.2. The average molecular weight is 417 g/mol. The van der Waals surface area contributed by atoms with Crippen molar-refractivity contribution in [1.82, 2.24) is 25.0 Å². The Morgan fingerprint density at radius 1 is 1.14 bits per heavy atom. The Labute approximate surface area is 173 Å². The minimum Gasteiger partial charge on any atom is -0.305 e. The smallest absolute Gasteiger partial charge is 0.236 e. The number of aryl methyl sites for hydroxylation is 1. The number of aromatic nitrogens is 5. The Kier molecular flexibility index (Phi) is 6.14. The van der Waals surface area contributed by atoms with Crippen LogP contribution in [0.1, 0.15) is 38.3 Å². The van der Waals surface area contributed by atoms with Gasteiger partial charge in [-0.05, 0) is 17.4 Å². The van der Waals surface area contributed by atoms with Gasteiger partial charge in [-0.1, -0.05) is 75.1 Å². The van der Waals surface area contributed by atoms with E-state index in [1.807, 2.05) is 18.5 Å². The Bertz CT molecular complexity index is 956. The molecule has 148 valence electrons. The van der Waals surface area contributed by atoms with Crippen LogP contribution in [0.4, 0.5) is 5.13 Å². The van der Waals surface area contributed by atoms with E-state index in [0.29, 0.717) is 10.3 Å². The van der Waals surface area contributed by atoms with Gasteiger partial charge in [0.25, 0.3) is 0 Å². The van der Waals surface area contributed by atoms with Crippen LogP contribution in [0.15, 0.2) is 29.4 Å². The molecule has 9 heteroatoms. The van der Waals surface area contributed by atoms with Crippen molar-refractivity contribution in [2.24, 2.45) is 7.05 Å². The van der Waals surface area contributed by atoms with Crippen LogP contribution in [0.2, 0.25) is 0 Å². The van der Waals surface area contributed by atoms with E-state index in [4.69, 9.17) is 0 Å². The number of hydrogen-bond acceptors (Lipinski definition) is 7. The van der Waals surface area contributed by atoms with Crippen molar-refractivity contribution < 1.29 is 4.79 Å². The molecule has 1 aromatic carbocycles. The first-order valence-electron chi connectivity index (χ1n) is 9.03. The largest absolute Gasteiger partial charge is 0.305 e. The minimum atomic E-state index is -0.136. The van der Waals surface area contributed by atoms with Gasteiger partial charge in [0, 0.05) is 12.6 Å². The molecular formula is C19H24N6OS2. The maximum atomic E-state index is 12.2. The van der Waals surface area contributed by atoms with Gasteiger partial charge >= 0.3 is 0 Å². The summed E-state index contributed by atoms with van der Waals surface area (Å²) in [4.78, 5) is 12.2. The number of nitrogens with one attached hydrogen (secondary N) is 1. The van der Waals surface area contributed by atoms with Gasteiger partial charge in [0.2, 0.25) is 11.0 Å². The van der Waals surface area contributed by atoms with Crippen LogP contribution in [-0.2, 0) is 23.7 Å². The van der Waals surface area contributed by atoms with Gasteiger partial charge in [0.1, 0.15) is 5.01 Å². The average Bonchev–Trinajstić information content (AvgIpc) is 3.26. The van der Waals surface area contributed by atoms with Crippen LogP contribution in [0.3, 0.4) is 0 Å². The van der Waals surface area contributed by atoms with E-state index < -0.39 is 0 Å². The second-order valence-electron chi connectivity index (χ2n) is 7.38. The number of hydrogen-bond donors (Lipinski definition) is 1. The van der Waals surface area contributed by atoms with Crippen molar-refractivity contribution >= 4 is 34.1 Å². The van der Waals surface area contributed by atoms with Crippen LogP contribution in [0.5, 0.6) is 0 Å². The first-order valence-corrected chi connectivity index (χ1v) is 10.8. The monoisotopic (exact) mass is 416 g/mol. The first-order chi connectivity index (χ1) is 13.3. The molecule has 0 aliphatic rings. The molecular weight excluding hydrogens is 392 g/mol. The number of rotatable bonds is 6. The van der Waals surface area contributed by atoms with Crippen molar-refractivity contribution in [3.8, 4) is 11.4 Å². The van der Waals surface area contributed by atoms with Crippen LogP contribution < -0.4 is 5.32 Å². The number of carbonyl (C=O) groups is 1. The molecule has 3 aromatic rings. The van der Waals surface area contributed by atoms with Gasteiger partial charge in [-0.15, -0.1) is 20.4 Å². The summed E-state index contributed by atoms with van der Waals surface area (Å²) in [6, 6.07) is 8.37. The summed E-state index contributed by atoms with van der Waals surface area (Å²) in [5.74, 6) is 0.874. The fourth-order valence-corrected chi connectivity index (χ4v) is 3.95. The van der Waals surface area contributed by atoms with E-state index in [2.05, 4.69) is 70.7 Å². The minimum absolute atomic E-state index is 0.109. The molecule has 0 saturated carbocycles. The number of nitrogens with zero attached hydrogens (tertiary/aromatic N) is 5. The summed E-state index contributed by atoms with van der Waals surface area (Å²) in [7, 11) is 1.91. The van der Waals surface area contributed by atoms with Crippen molar-refractivity contribution in [1.29, 1.82) is 0 Å². The molecule has 1 N–H and O–H groups in total. The standard InChI is InChI=1S/C19H24N6OS2/c1-6-15-21-23-17(28-15)20-14(26)11-27-18-24-22-16(25(18)5)12-7-9-13(10-8-12)19(2,3)4/h7-10H,6,11H2,1-5H3,(H,20,23,26). The fourth-order valence-electron chi connectivity index (χ4n) is 2.54. The molecule has 0 bridgehead atoms. The van der Waals surface area contributed by atoms with Gasteiger partial charge < -0.3 is 4.57 Å². The van der Waals surface area contributed by atoms with Crippen LogP contribution in [0.25, 0.3) is 11.4 Å². The lowest BCUT2D eigenvalue weighted by atomic mass is 9.87. The topological polar surface area (TPSA) is 85.6 Å². The zero-order valence-corrected chi connectivity index (χ0v) is 18.3. The van der Waals surface area contributed by atoms with Crippen molar-refractivity contribution in [2.45, 2.75) is 44.7 Å². The van der Waals surface area contributed by atoms with Gasteiger partial charge in [-0.2, -0.15) is 0 Å². The highest BCUT2D eigenvalue weighted by Gasteiger charge is 2.16. The molecule has 0 spiro atoms. The van der Waals surface area contributed by atoms with E-state index in [-0.39, 0.29) is 17.1 Å². The fraction of sp³-hybridized carbons (Fsp3) is 0.421. The third-order valence-corrected chi connectivity index (χ3v) is 6.20. The molecule has 3 rings (SSSR count). The molecule has 2 aromatic heterocycles. The highest BCUT2D eigenvalue weighted by molar-refractivity contribution is 7.99. The lowest BCUT2D eigenvalue weighted by Gasteiger charge is -2.19. The maximum Gasteiger partial charge on any atom is 0.236 e. The first kappa shape index (κ1) is 20.5. The molecule has 0 atom stereocenters. The second-order valence-corrected chi connectivity index (χ2v) is 9.39. The Morgan fingerprint density at radius 2 is 1.86 bits per heavy atom. The molecule has 1 amide bonds. The summed E-state index contributed by atoms with van der Waals surface area (Å²) in [6.45, 7) is 8.57. The molecule has 28 heavy (non-hydrogen) atoms. The quantitative estimate of drug-likeness (QED) is 0.613. The van der Waals surface area contributed by atoms with E-state index in [0.717, 1.165) is 22.8 Å². The summed E-state index contributed by atoms with van der Waals surface area (Å²) in [5, 5.41) is 21.4. The molecule has 0 saturated heterocycles. The van der Waals surface area contributed by atoms with E-state index in [9.17, 15) is 4.79 Å². The van der Waals surface area contributed by atoms with Gasteiger partial charge in [0.15, 0.2) is 11.0 Å². The Morgan fingerprint density at radius 3 is 2.46 bits per heavy atom. The number of benzene rings is 1. The zero-order chi connectivity index (χ0) is 20.3. The third kappa shape index (κ3) is 4.77. The van der Waals surface area contributed by atoms with Gasteiger partial charge in [0.05, 0.1) is 5.75 Å². The molecule has 7 nitrogen and oxygen atoms in total. The summed E-state index contributed by atoms with van der Waals surface area (Å²) in [5.41, 5.74) is 2.38. The van der Waals surface area contributed by atoms with Crippen LogP contribution >= 0.6 is 23.1 Å². The third-order valence-electron chi connectivity index (χ3n) is 4.19. The van der Waals surface area contributed by atoms with Crippen molar-refractivity contribution in [2.75, 3.05) is 11.1 Å². The lowest BCUT2D eigenvalue weighted by Crippen LogP contribution is -2.14. The van der Waals surface area contributed by atoms with Crippen LogP contribution in [-0.4, -0.2) is 36.6 Å². The number of anilines is 1. The van der Waals surface area contributed by atoms with E-state index in [1.54, 1.807) is 0 Å². The Hall–Kier alpha value is -2.26. The highest BCUT2D eigenvalue weighted by atomic mass is 32.2. The summed E-state index contributed by atoms with van der Waals surface area (Å²) >= 11 is 2.74. The summed E-state index contributed by atoms with van der Waals surface area (Å²) < 4.78 is 1.91. The molecule has 0 fully saturated rings. The normalized spacial score (nSPS) is 11.6. The zero-order valence-electron chi connectivity index (χ0n) is 16.7. The lowest BCUT2D eigenvalue weighted by molar-refractivity contribution is -0.113. The Balaban J connectivity index is 1.63. The van der Waals surface area contributed by atoms with E-state index in [1.165, 1.54) is 28.7 Å². The van der Waals surface area contributed by atoms with Crippen LogP contribution in [0, 0.1) is 0 Å². The SMILES string of the molecule is CCc1nnc(NC(=O)CSc2nnc(-c3ccc(C(C)(C)C)cc3)n2C)s1. The predicted molar refractivity (Wildman–Crippen MR) is 114 cm³/mol. The molecule has 0 aliphatic carbocycles. The van der Waals surface area contributed by atoms with Crippen molar-refractivity contribution in [3.63, 3.8) is 0 Å².